The van der Waals surface area contributed by atoms with Crippen LogP contribution in [-0.2, 0) is 16.3 Å². The van der Waals surface area contributed by atoms with E-state index in [0.29, 0.717) is 36.0 Å². The Morgan fingerprint density at radius 3 is 2.49 bits per heavy atom. The smallest absolute Gasteiger partial charge is 0.296 e. The summed E-state index contributed by atoms with van der Waals surface area (Å²) in [6, 6.07) is 17.9. The number of amides is 1. The number of nitrogens with one attached hydrogen (secondary N) is 1. The van der Waals surface area contributed by atoms with E-state index in [4.69, 9.17) is 0 Å². The number of sulfone groups is 1. The molecule has 45 heavy (non-hydrogen) atoms. The van der Waals surface area contributed by atoms with Gasteiger partial charge in [-0.05, 0) is 67.1 Å². The number of nitrogens with zero attached hydrogens (tertiary/aromatic N) is 3. The lowest BCUT2D eigenvalue weighted by Crippen LogP contribution is -2.27. The van der Waals surface area contributed by atoms with Gasteiger partial charge in [0.2, 0.25) is 15.7 Å². The fraction of sp³-hybridized carbons (Fsp3) is 0.294. The van der Waals surface area contributed by atoms with Crippen molar-refractivity contribution in [1.29, 1.82) is 5.26 Å². The van der Waals surface area contributed by atoms with Crippen molar-refractivity contribution >= 4 is 15.7 Å². The summed E-state index contributed by atoms with van der Waals surface area (Å²) in [4.78, 5) is 28.7. The highest BCUT2D eigenvalue weighted by Crippen LogP contribution is 2.34. The van der Waals surface area contributed by atoms with Gasteiger partial charge in [0.25, 0.3) is 11.5 Å². The number of carbonyl (C=O) groups is 1. The summed E-state index contributed by atoms with van der Waals surface area (Å²) < 4.78 is 44.5. The minimum atomic E-state index is -4.59. The molecule has 1 amide bonds. The molecule has 0 saturated heterocycles. The first-order valence-corrected chi connectivity index (χ1v) is 16.4. The second kappa shape index (κ2) is 13.0. The number of hydrogen-bond acceptors (Lipinski definition) is 7. The van der Waals surface area contributed by atoms with Gasteiger partial charge in [0, 0.05) is 18.0 Å². The first-order chi connectivity index (χ1) is 21.6. The highest BCUT2D eigenvalue weighted by Gasteiger charge is 2.32. The van der Waals surface area contributed by atoms with Crippen LogP contribution in [0.2, 0.25) is 0 Å². The molecule has 232 valence electrons. The molecule has 1 aromatic heterocycles. The van der Waals surface area contributed by atoms with Crippen molar-refractivity contribution in [2.24, 2.45) is 0 Å². The Balaban J connectivity index is 1.57. The minimum Gasteiger partial charge on any atom is -0.493 e. The second-order valence-electron chi connectivity index (χ2n) is 11.1. The predicted molar refractivity (Wildman–Crippen MR) is 166 cm³/mol. The molecule has 5 rings (SSSR count). The van der Waals surface area contributed by atoms with Gasteiger partial charge >= 0.3 is 0 Å². The summed E-state index contributed by atoms with van der Waals surface area (Å²) in [5.74, 6) is -1.74. The third-order valence-corrected chi connectivity index (χ3v) is 9.67. The molecule has 0 aliphatic heterocycles. The fourth-order valence-corrected chi connectivity index (χ4v) is 6.70. The molecule has 1 atom stereocenters. The topological polar surface area (TPSA) is 142 Å². The Hall–Kier alpha value is -4.82. The number of unbranched alkanes of at least 4 members (excludes halogenated alkanes) is 1. The Morgan fingerprint density at radius 2 is 1.84 bits per heavy atom. The van der Waals surface area contributed by atoms with Crippen molar-refractivity contribution < 1.29 is 22.7 Å². The van der Waals surface area contributed by atoms with Crippen LogP contribution in [0.15, 0.2) is 81.3 Å². The van der Waals surface area contributed by atoms with Gasteiger partial charge in [-0.25, -0.2) is 12.8 Å². The van der Waals surface area contributed by atoms with Crippen molar-refractivity contribution in [3.05, 3.63) is 105 Å². The standard InChI is InChI=1S/C34H33FN4O5S/c1-3-5-12-29-38-33(41)31(34(42)39(29)28(4-2)23-9-6-8-21(19-23)20-36)45(43,44)25-17-13-22(14-18-25)26-10-7-11-27(30(26)35)32(40)37-24-15-16-24/h6-11,13-14,17-19,24,28,42H,3-5,12,15-16H2,1-2H3,(H,37,40)/t28-/m0/s1. The number of aromatic hydroxyl groups is 1. The van der Waals surface area contributed by atoms with Crippen molar-refractivity contribution in [3.8, 4) is 23.1 Å². The van der Waals surface area contributed by atoms with E-state index in [-0.39, 0.29) is 27.9 Å². The van der Waals surface area contributed by atoms with Crippen LogP contribution in [0.4, 0.5) is 4.39 Å². The van der Waals surface area contributed by atoms with Gasteiger partial charge in [-0.15, -0.1) is 0 Å². The minimum absolute atomic E-state index is 0.0524. The number of aryl methyl sites for hydroxylation is 1. The second-order valence-corrected chi connectivity index (χ2v) is 12.9. The summed E-state index contributed by atoms with van der Waals surface area (Å²) in [6.07, 6.45) is 3.87. The molecule has 0 bridgehead atoms. The molecule has 2 N–H and O–H groups in total. The zero-order valence-electron chi connectivity index (χ0n) is 25.0. The van der Waals surface area contributed by atoms with Gasteiger partial charge < -0.3 is 10.4 Å². The lowest BCUT2D eigenvalue weighted by molar-refractivity contribution is 0.0947. The lowest BCUT2D eigenvalue weighted by Gasteiger charge is -2.25. The summed E-state index contributed by atoms with van der Waals surface area (Å²) in [7, 11) is -4.59. The average molecular weight is 629 g/mol. The Kier molecular flexibility index (Phi) is 9.16. The molecule has 9 nitrogen and oxygen atoms in total. The van der Waals surface area contributed by atoms with E-state index in [1.165, 1.54) is 41.0 Å². The molecule has 1 fully saturated rings. The van der Waals surface area contributed by atoms with E-state index in [2.05, 4.69) is 16.4 Å². The van der Waals surface area contributed by atoms with Crippen molar-refractivity contribution in [2.75, 3.05) is 0 Å². The number of nitriles is 1. The van der Waals surface area contributed by atoms with Crippen molar-refractivity contribution in [3.63, 3.8) is 0 Å². The molecule has 3 aromatic carbocycles. The van der Waals surface area contributed by atoms with Gasteiger partial charge in [0.15, 0.2) is 4.90 Å². The summed E-state index contributed by atoms with van der Waals surface area (Å²) in [5, 5.41) is 23.7. The van der Waals surface area contributed by atoms with Crippen LogP contribution in [0.25, 0.3) is 11.1 Å². The number of carbonyl (C=O) groups excluding carboxylic acids is 1. The van der Waals surface area contributed by atoms with E-state index in [0.717, 1.165) is 19.3 Å². The molecule has 4 aromatic rings. The lowest BCUT2D eigenvalue weighted by atomic mass is 10.0. The fourth-order valence-electron chi connectivity index (χ4n) is 5.36. The van der Waals surface area contributed by atoms with Gasteiger partial charge in [0.05, 0.1) is 28.1 Å². The van der Waals surface area contributed by atoms with Crippen molar-refractivity contribution in [1.82, 2.24) is 14.9 Å². The SMILES string of the molecule is CCCCc1nc(=O)c(S(=O)(=O)c2ccc(-c3cccc(C(=O)NC4CC4)c3F)cc2)c(O)n1[C@@H](CC)c1cccc(C#N)c1. The zero-order chi connectivity index (χ0) is 32.3. The van der Waals surface area contributed by atoms with E-state index >= 15 is 4.39 Å². The third kappa shape index (κ3) is 6.37. The molecule has 1 aliphatic carbocycles. The van der Waals surface area contributed by atoms with E-state index in [1.807, 2.05) is 13.8 Å². The highest BCUT2D eigenvalue weighted by atomic mass is 32.2. The van der Waals surface area contributed by atoms with E-state index in [1.54, 1.807) is 30.3 Å². The Labute approximate surface area is 260 Å². The van der Waals surface area contributed by atoms with Crippen molar-refractivity contribution in [2.45, 2.75) is 74.2 Å². The largest absolute Gasteiger partial charge is 0.493 e. The predicted octanol–water partition coefficient (Wildman–Crippen LogP) is 5.69. The maximum absolute atomic E-state index is 15.4. The van der Waals surface area contributed by atoms with Gasteiger partial charge in [0.1, 0.15) is 11.6 Å². The van der Waals surface area contributed by atoms with Gasteiger partial charge in [-0.3, -0.25) is 14.2 Å². The van der Waals surface area contributed by atoms with Crippen LogP contribution in [0, 0.1) is 17.1 Å². The van der Waals surface area contributed by atoms with Crippen LogP contribution in [0.3, 0.4) is 0 Å². The molecule has 0 unspecified atom stereocenters. The summed E-state index contributed by atoms with van der Waals surface area (Å²) >= 11 is 0. The molecule has 0 spiro atoms. The van der Waals surface area contributed by atoms with E-state index < -0.39 is 43.9 Å². The Bertz CT molecular complexity index is 1960. The number of aromatic nitrogens is 2. The highest BCUT2D eigenvalue weighted by molar-refractivity contribution is 7.91. The summed E-state index contributed by atoms with van der Waals surface area (Å²) in [5.41, 5.74) is 0.290. The first-order valence-electron chi connectivity index (χ1n) is 14.9. The van der Waals surface area contributed by atoms with Crippen LogP contribution in [0.5, 0.6) is 5.88 Å². The molecule has 1 aliphatic rings. The maximum Gasteiger partial charge on any atom is 0.296 e. The zero-order valence-corrected chi connectivity index (χ0v) is 25.8. The molecular weight excluding hydrogens is 595 g/mol. The average Bonchev–Trinajstić information content (AvgIpc) is 3.85. The third-order valence-electron chi connectivity index (χ3n) is 7.89. The van der Waals surface area contributed by atoms with Gasteiger partial charge in [-0.1, -0.05) is 56.7 Å². The molecular formula is C34H33FN4O5S. The van der Waals surface area contributed by atoms with Gasteiger partial charge in [-0.2, -0.15) is 10.2 Å². The molecule has 0 radical (unpaired) electrons. The first kappa shape index (κ1) is 31.6. The number of hydrogen-bond donors (Lipinski definition) is 2. The number of halogens is 1. The number of benzene rings is 3. The maximum atomic E-state index is 15.4. The van der Waals surface area contributed by atoms with Crippen LogP contribution < -0.4 is 10.9 Å². The molecule has 11 heteroatoms. The monoisotopic (exact) mass is 628 g/mol. The van der Waals surface area contributed by atoms with Crippen LogP contribution >= 0.6 is 0 Å². The molecule has 1 heterocycles. The normalized spacial score (nSPS) is 13.6. The van der Waals surface area contributed by atoms with Crippen LogP contribution in [0.1, 0.15) is 79.3 Å². The summed E-state index contributed by atoms with van der Waals surface area (Å²) in [6.45, 7) is 3.81. The number of rotatable bonds is 11. The molecule has 1 saturated carbocycles. The quantitative estimate of drug-likeness (QED) is 0.217. The van der Waals surface area contributed by atoms with E-state index in [9.17, 15) is 28.4 Å². The Morgan fingerprint density at radius 1 is 1.13 bits per heavy atom. The van der Waals surface area contributed by atoms with Crippen LogP contribution in [-0.4, -0.2) is 35.0 Å².